The van der Waals surface area contributed by atoms with Gasteiger partial charge in [0.2, 0.25) is 0 Å². The highest BCUT2D eigenvalue weighted by Gasteiger charge is 2.15. The first-order valence-corrected chi connectivity index (χ1v) is 10.2. The quantitative estimate of drug-likeness (QED) is 0.290. The Hall–Kier alpha value is -2.78. The standard InChI is InChI=1S/C25H25N3.ClH/c26-25(27-21-14-11-18(12-15-21)17-5-2-1-3-6-17)28-23-16-13-20-10-9-19-7-4-8-22(23)24(19)20;/h4,7-17H,1-3,5-6H2,(H3,26,27,28);1H. The van der Waals surface area contributed by atoms with Crippen LogP contribution in [0.1, 0.15) is 54.7 Å². The second-order valence-electron chi connectivity index (χ2n) is 7.86. The van der Waals surface area contributed by atoms with Gasteiger partial charge in [-0.3, -0.25) is 0 Å². The fraction of sp³-hybridized carbons (Fsp3) is 0.240. The van der Waals surface area contributed by atoms with Crippen molar-refractivity contribution < 1.29 is 0 Å². The summed E-state index contributed by atoms with van der Waals surface area (Å²) in [6.45, 7) is 0. The number of hydrogen-bond acceptors (Lipinski definition) is 1. The van der Waals surface area contributed by atoms with Gasteiger partial charge in [-0.15, -0.1) is 12.4 Å². The van der Waals surface area contributed by atoms with E-state index in [0.29, 0.717) is 5.96 Å². The molecule has 5 rings (SSSR count). The van der Waals surface area contributed by atoms with Crippen LogP contribution in [-0.4, -0.2) is 5.96 Å². The van der Waals surface area contributed by atoms with Crippen molar-refractivity contribution in [3.8, 4) is 0 Å². The molecule has 3 nitrogen and oxygen atoms in total. The van der Waals surface area contributed by atoms with Crippen LogP contribution in [0.15, 0.2) is 59.6 Å². The van der Waals surface area contributed by atoms with Gasteiger partial charge in [0, 0.05) is 11.1 Å². The Morgan fingerprint density at radius 3 is 2.34 bits per heavy atom. The van der Waals surface area contributed by atoms with Crippen molar-refractivity contribution in [1.29, 1.82) is 0 Å². The van der Waals surface area contributed by atoms with E-state index in [9.17, 15) is 0 Å². The minimum atomic E-state index is 0. The van der Waals surface area contributed by atoms with Crippen LogP contribution in [0.2, 0.25) is 0 Å². The largest absolute Gasteiger partial charge is 0.369 e. The zero-order valence-electron chi connectivity index (χ0n) is 16.4. The number of nitrogens with zero attached hydrogens (tertiary/aromatic N) is 1. The predicted octanol–water partition coefficient (Wildman–Crippen LogP) is 6.85. The second-order valence-corrected chi connectivity index (χ2v) is 7.86. The number of halogens is 1. The molecule has 2 aliphatic rings. The highest BCUT2D eigenvalue weighted by molar-refractivity contribution is 6.09. The predicted molar refractivity (Wildman–Crippen MR) is 127 cm³/mol. The Morgan fingerprint density at radius 1 is 0.862 bits per heavy atom. The second kappa shape index (κ2) is 8.30. The number of hydrogen-bond donors (Lipinski definition) is 2. The molecule has 3 aromatic carbocycles. The molecule has 3 N–H and O–H groups in total. The van der Waals surface area contributed by atoms with Gasteiger partial charge in [-0.1, -0.05) is 67.8 Å². The van der Waals surface area contributed by atoms with Crippen molar-refractivity contribution >= 4 is 52.7 Å². The van der Waals surface area contributed by atoms with E-state index in [-0.39, 0.29) is 12.4 Å². The third-order valence-corrected chi connectivity index (χ3v) is 6.03. The maximum atomic E-state index is 6.22. The number of guanidine groups is 1. The van der Waals surface area contributed by atoms with Crippen molar-refractivity contribution in [2.75, 3.05) is 5.32 Å². The monoisotopic (exact) mass is 403 g/mol. The number of aliphatic imine (C=N–C) groups is 1. The van der Waals surface area contributed by atoms with Crippen LogP contribution in [0.5, 0.6) is 0 Å². The average Bonchev–Trinajstić information content (AvgIpc) is 3.16. The molecule has 4 heteroatoms. The van der Waals surface area contributed by atoms with Crippen molar-refractivity contribution in [2.45, 2.75) is 38.0 Å². The average molecular weight is 404 g/mol. The van der Waals surface area contributed by atoms with Crippen LogP contribution in [0, 0.1) is 0 Å². The summed E-state index contributed by atoms with van der Waals surface area (Å²) in [6, 6.07) is 19.2. The molecule has 0 bridgehead atoms. The number of anilines is 1. The number of nitrogens with two attached hydrogens (primary N) is 1. The van der Waals surface area contributed by atoms with E-state index < -0.39 is 0 Å². The molecule has 0 aromatic heterocycles. The van der Waals surface area contributed by atoms with Crippen molar-refractivity contribution in [1.82, 2.24) is 0 Å². The van der Waals surface area contributed by atoms with Gasteiger partial charge in [-0.05, 0) is 59.0 Å². The van der Waals surface area contributed by atoms with Crippen LogP contribution in [0.25, 0.3) is 22.9 Å². The molecule has 0 unspecified atom stereocenters. The number of benzene rings is 3. The van der Waals surface area contributed by atoms with Gasteiger partial charge >= 0.3 is 0 Å². The Kier molecular flexibility index (Phi) is 5.59. The summed E-state index contributed by atoms with van der Waals surface area (Å²) < 4.78 is 0. The fourth-order valence-electron chi connectivity index (χ4n) is 4.58. The van der Waals surface area contributed by atoms with Crippen molar-refractivity contribution in [2.24, 2.45) is 10.7 Å². The van der Waals surface area contributed by atoms with Crippen LogP contribution in [0.4, 0.5) is 11.4 Å². The maximum absolute atomic E-state index is 6.22. The van der Waals surface area contributed by atoms with Gasteiger partial charge in [0.05, 0.1) is 5.69 Å². The molecule has 0 radical (unpaired) electrons. The molecule has 0 amide bonds. The highest BCUT2D eigenvalue weighted by Crippen LogP contribution is 2.36. The van der Waals surface area contributed by atoms with E-state index >= 15 is 0 Å². The zero-order chi connectivity index (χ0) is 18.9. The minimum Gasteiger partial charge on any atom is -0.369 e. The van der Waals surface area contributed by atoms with E-state index in [1.54, 1.807) is 0 Å². The van der Waals surface area contributed by atoms with Gasteiger partial charge in [0.25, 0.3) is 0 Å². The summed E-state index contributed by atoms with van der Waals surface area (Å²) in [4.78, 5) is 4.66. The summed E-state index contributed by atoms with van der Waals surface area (Å²) in [7, 11) is 0. The lowest BCUT2D eigenvalue weighted by molar-refractivity contribution is 0.443. The van der Waals surface area contributed by atoms with Crippen LogP contribution < -0.4 is 11.1 Å². The van der Waals surface area contributed by atoms with Crippen LogP contribution in [-0.2, 0) is 0 Å². The highest BCUT2D eigenvalue weighted by atomic mass is 35.5. The van der Waals surface area contributed by atoms with E-state index in [0.717, 1.165) is 22.7 Å². The Morgan fingerprint density at radius 2 is 1.59 bits per heavy atom. The van der Waals surface area contributed by atoms with E-state index in [1.165, 1.54) is 54.2 Å². The molecular weight excluding hydrogens is 378 g/mol. The summed E-state index contributed by atoms with van der Waals surface area (Å²) in [6.07, 6.45) is 11.0. The van der Waals surface area contributed by atoms with Crippen LogP contribution >= 0.6 is 12.4 Å². The summed E-state index contributed by atoms with van der Waals surface area (Å²) >= 11 is 0. The lowest BCUT2D eigenvalue weighted by Crippen LogP contribution is -2.22. The fourth-order valence-corrected chi connectivity index (χ4v) is 4.58. The molecule has 0 saturated heterocycles. The molecule has 1 fully saturated rings. The first kappa shape index (κ1) is 19.5. The van der Waals surface area contributed by atoms with E-state index in [2.05, 4.69) is 71.0 Å². The van der Waals surface area contributed by atoms with E-state index in [4.69, 9.17) is 5.73 Å². The lowest BCUT2D eigenvalue weighted by atomic mass is 9.84. The zero-order valence-corrected chi connectivity index (χ0v) is 17.2. The Balaban J connectivity index is 0.00000205. The van der Waals surface area contributed by atoms with E-state index in [1.807, 2.05) is 6.07 Å². The summed E-state index contributed by atoms with van der Waals surface area (Å²) in [5, 5.41) is 5.64. The third kappa shape index (κ3) is 3.88. The molecule has 2 aliphatic carbocycles. The normalized spacial score (nSPS) is 16.1. The third-order valence-electron chi connectivity index (χ3n) is 6.03. The van der Waals surface area contributed by atoms with Crippen LogP contribution in [0.3, 0.4) is 0 Å². The van der Waals surface area contributed by atoms with Gasteiger partial charge in [0.1, 0.15) is 0 Å². The molecule has 3 aromatic rings. The van der Waals surface area contributed by atoms with Gasteiger partial charge in [0.15, 0.2) is 5.96 Å². The van der Waals surface area contributed by atoms with Crippen molar-refractivity contribution in [3.05, 3.63) is 71.3 Å². The first-order valence-electron chi connectivity index (χ1n) is 10.2. The summed E-state index contributed by atoms with van der Waals surface area (Å²) in [5.41, 5.74) is 12.0. The first-order chi connectivity index (χ1) is 13.8. The Labute approximate surface area is 178 Å². The molecule has 1 saturated carbocycles. The Bertz CT molecular complexity index is 1060. The van der Waals surface area contributed by atoms with Crippen molar-refractivity contribution in [3.63, 3.8) is 0 Å². The molecule has 0 atom stereocenters. The molecule has 0 aliphatic heterocycles. The molecule has 0 spiro atoms. The molecule has 0 heterocycles. The number of rotatable bonds is 3. The summed E-state index contributed by atoms with van der Waals surface area (Å²) in [5.74, 6) is 1.13. The van der Waals surface area contributed by atoms with Gasteiger partial charge in [-0.2, -0.15) is 0 Å². The molecule has 29 heavy (non-hydrogen) atoms. The maximum Gasteiger partial charge on any atom is 0.198 e. The molecule has 148 valence electrons. The van der Waals surface area contributed by atoms with Gasteiger partial charge in [-0.25, -0.2) is 4.99 Å². The molecular formula is C25H26ClN3. The lowest BCUT2D eigenvalue weighted by Gasteiger charge is -2.22. The minimum absolute atomic E-state index is 0. The topological polar surface area (TPSA) is 50.4 Å². The smallest absolute Gasteiger partial charge is 0.198 e. The number of nitrogens with one attached hydrogen (secondary N) is 1. The SMILES string of the molecule is Cl.NC(=Nc1ccc2c3c(cccc13)C=C2)Nc1ccc(C2CCCCC2)cc1. The van der Waals surface area contributed by atoms with Gasteiger partial charge < -0.3 is 11.1 Å².